The van der Waals surface area contributed by atoms with Crippen LogP contribution >= 0.6 is 15.9 Å². The Labute approximate surface area is 128 Å². The molecule has 1 atom stereocenters. The summed E-state index contributed by atoms with van der Waals surface area (Å²) in [6.07, 6.45) is 1.67. The van der Waals surface area contributed by atoms with Gasteiger partial charge in [0.15, 0.2) is 0 Å². The van der Waals surface area contributed by atoms with Crippen LogP contribution in [0.15, 0.2) is 27.6 Å². The standard InChI is InChI=1S/C13H19BrN2O3S/c1-19-11-3-2-6-16(9-11)20(17,18)13-7-10(8-15)4-5-12(13)14/h4-5,7,11H,2-3,6,8-9,15H2,1H3. The molecule has 1 heterocycles. The van der Waals surface area contributed by atoms with Gasteiger partial charge in [-0.2, -0.15) is 4.31 Å². The monoisotopic (exact) mass is 362 g/mol. The van der Waals surface area contributed by atoms with Crippen molar-refractivity contribution in [1.29, 1.82) is 0 Å². The third-order valence-electron chi connectivity index (χ3n) is 3.52. The van der Waals surface area contributed by atoms with E-state index in [1.165, 1.54) is 4.31 Å². The molecule has 20 heavy (non-hydrogen) atoms. The van der Waals surface area contributed by atoms with E-state index in [2.05, 4.69) is 15.9 Å². The van der Waals surface area contributed by atoms with Crippen molar-refractivity contribution < 1.29 is 13.2 Å². The smallest absolute Gasteiger partial charge is 0.244 e. The first-order valence-corrected chi connectivity index (χ1v) is 8.73. The first-order valence-electron chi connectivity index (χ1n) is 6.50. The second kappa shape index (κ2) is 6.53. The number of nitrogens with zero attached hydrogens (tertiary/aromatic N) is 1. The van der Waals surface area contributed by atoms with E-state index < -0.39 is 10.0 Å². The van der Waals surface area contributed by atoms with E-state index in [0.717, 1.165) is 18.4 Å². The molecule has 0 saturated carbocycles. The van der Waals surface area contributed by atoms with Gasteiger partial charge in [0.05, 0.1) is 11.0 Å². The molecular weight excluding hydrogens is 344 g/mol. The van der Waals surface area contributed by atoms with Gasteiger partial charge in [0, 0.05) is 31.2 Å². The number of halogens is 1. The first kappa shape index (κ1) is 15.9. The second-order valence-corrected chi connectivity index (χ2v) is 7.59. The molecular formula is C13H19BrN2O3S. The Morgan fingerprint density at radius 2 is 2.25 bits per heavy atom. The summed E-state index contributed by atoms with van der Waals surface area (Å²) in [6.45, 7) is 1.25. The fraction of sp³-hybridized carbons (Fsp3) is 0.538. The van der Waals surface area contributed by atoms with Gasteiger partial charge in [-0.05, 0) is 46.5 Å². The van der Waals surface area contributed by atoms with Gasteiger partial charge in [0.25, 0.3) is 0 Å². The zero-order valence-electron chi connectivity index (χ0n) is 11.4. The predicted octanol–water partition coefficient (Wildman–Crippen LogP) is 1.71. The quantitative estimate of drug-likeness (QED) is 0.884. The second-order valence-electron chi connectivity index (χ2n) is 4.83. The first-order chi connectivity index (χ1) is 9.48. The van der Waals surface area contributed by atoms with Gasteiger partial charge in [-0.1, -0.05) is 6.07 Å². The van der Waals surface area contributed by atoms with Crippen molar-refractivity contribution in [3.05, 3.63) is 28.2 Å². The molecule has 1 aliphatic heterocycles. The average Bonchev–Trinajstić information content (AvgIpc) is 2.47. The predicted molar refractivity (Wildman–Crippen MR) is 80.8 cm³/mol. The van der Waals surface area contributed by atoms with Crippen LogP contribution < -0.4 is 5.73 Å². The largest absolute Gasteiger partial charge is 0.380 e. The minimum absolute atomic E-state index is 0.0324. The number of benzene rings is 1. The van der Waals surface area contributed by atoms with E-state index in [1.807, 2.05) is 6.07 Å². The van der Waals surface area contributed by atoms with Crippen LogP contribution in [-0.4, -0.2) is 39.0 Å². The van der Waals surface area contributed by atoms with Crippen molar-refractivity contribution >= 4 is 26.0 Å². The van der Waals surface area contributed by atoms with Crippen LogP contribution in [0.4, 0.5) is 0 Å². The Hall–Kier alpha value is -0.470. The maximum atomic E-state index is 12.7. The molecule has 0 aliphatic carbocycles. The highest BCUT2D eigenvalue weighted by atomic mass is 79.9. The maximum Gasteiger partial charge on any atom is 0.244 e. The lowest BCUT2D eigenvalue weighted by Crippen LogP contribution is -2.42. The molecule has 0 bridgehead atoms. The summed E-state index contributed by atoms with van der Waals surface area (Å²) in [5.74, 6) is 0. The molecule has 112 valence electrons. The number of sulfonamides is 1. The van der Waals surface area contributed by atoms with Crippen LogP contribution in [0, 0.1) is 0 Å². The number of ether oxygens (including phenoxy) is 1. The molecule has 2 rings (SSSR count). The van der Waals surface area contributed by atoms with Gasteiger partial charge in [0.1, 0.15) is 0 Å². The molecule has 0 spiro atoms. The minimum Gasteiger partial charge on any atom is -0.380 e. The van der Waals surface area contributed by atoms with Crippen LogP contribution in [0.5, 0.6) is 0 Å². The summed E-state index contributed by atoms with van der Waals surface area (Å²) >= 11 is 3.32. The van der Waals surface area contributed by atoms with Gasteiger partial charge in [-0.15, -0.1) is 0 Å². The highest BCUT2D eigenvalue weighted by Gasteiger charge is 2.31. The third-order valence-corrected chi connectivity index (χ3v) is 6.38. The number of piperidine rings is 1. The van der Waals surface area contributed by atoms with Crippen molar-refractivity contribution in [2.75, 3.05) is 20.2 Å². The zero-order valence-corrected chi connectivity index (χ0v) is 13.8. The van der Waals surface area contributed by atoms with Crippen LogP contribution in [-0.2, 0) is 21.3 Å². The van der Waals surface area contributed by atoms with Gasteiger partial charge in [-0.3, -0.25) is 0 Å². The number of hydrogen-bond donors (Lipinski definition) is 1. The van der Waals surface area contributed by atoms with Crippen molar-refractivity contribution in [2.45, 2.75) is 30.4 Å². The number of methoxy groups -OCH3 is 1. The van der Waals surface area contributed by atoms with Crippen LogP contribution in [0.1, 0.15) is 18.4 Å². The summed E-state index contributed by atoms with van der Waals surface area (Å²) in [5.41, 5.74) is 6.39. The molecule has 1 fully saturated rings. The Balaban J connectivity index is 2.34. The highest BCUT2D eigenvalue weighted by molar-refractivity contribution is 9.10. The van der Waals surface area contributed by atoms with Crippen LogP contribution in [0.25, 0.3) is 0 Å². The Kier molecular flexibility index (Phi) is 5.19. The van der Waals surface area contributed by atoms with Crippen molar-refractivity contribution in [3.8, 4) is 0 Å². The van der Waals surface area contributed by atoms with E-state index in [1.54, 1.807) is 19.2 Å². The van der Waals surface area contributed by atoms with E-state index >= 15 is 0 Å². The van der Waals surface area contributed by atoms with E-state index in [-0.39, 0.29) is 11.0 Å². The molecule has 1 unspecified atom stereocenters. The summed E-state index contributed by atoms with van der Waals surface area (Å²) in [5, 5.41) is 0. The molecule has 0 radical (unpaired) electrons. The number of nitrogens with two attached hydrogens (primary N) is 1. The van der Waals surface area contributed by atoms with Gasteiger partial charge in [-0.25, -0.2) is 8.42 Å². The third kappa shape index (κ3) is 3.23. The number of hydrogen-bond acceptors (Lipinski definition) is 4. The van der Waals surface area contributed by atoms with E-state index in [9.17, 15) is 8.42 Å². The normalized spacial score (nSPS) is 21.1. The van der Waals surface area contributed by atoms with Crippen LogP contribution in [0.2, 0.25) is 0 Å². The van der Waals surface area contributed by atoms with Gasteiger partial charge >= 0.3 is 0 Å². The van der Waals surface area contributed by atoms with E-state index in [0.29, 0.717) is 24.1 Å². The molecule has 1 aromatic carbocycles. The average molecular weight is 363 g/mol. The SMILES string of the molecule is COC1CCCN(S(=O)(=O)c2cc(CN)ccc2Br)C1. The number of rotatable bonds is 4. The van der Waals surface area contributed by atoms with Gasteiger partial charge < -0.3 is 10.5 Å². The summed E-state index contributed by atoms with van der Waals surface area (Å²) < 4.78 is 32.8. The van der Waals surface area contributed by atoms with Crippen molar-refractivity contribution in [2.24, 2.45) is 5.73 Å². The Bertz CT molecular complexity index is 577. The fourth-order valence-corrected chi connectivity index (χ4v) is 4.81. The van der Waals surface area contributed by atoms with Gasteiger partial charge in [0.2, 0.25) is 10.0 Å². The molecule has 0 aromatic heterocycles. The molecule has 7 heteroatoms. The maximum absolute atomic E-state index is 12.7. The molecule has 5 nitrogen and oxygen atoms in total. The summed E-state index contributed by atoms with van der Waals surface area (Å²) in [4.78, 5) is 0.275. The lowest BCUT2D eigenvalue weighted by atomic mass is 10.1. The van der Waals surface area contributed by atoms with Crippen molar-refractivity contribution in [3.63, 3.8) is 0 Å². The lowest BCUT2D eigenvalue weighted by molar-refractivity contribution is 0.0571. The molecule has 2 N–H and O–H groups in total. The summed E-state index contributed by atoms with van der Waals surface area (Å²) in [7, 11) is -1.90. The summed E-state index contributed by atoms with van der Waals surface area (Å²) in [6, 6.07) is 5.18. The van der Waals surface area contributed by atoms with Crippen LogP contribution in [0.3, 0.4) is 0 Å². The molecule has 0 amide bonds. The Morgan fingerprint density at radius 1 is 1.50 bits per heavy atom. The van der Waals surface area contributed by atoms with Crippen molar-refractivity contribution in [1.82, 2.24) is 4.31 Å². The zero-order chi connectivity index (χ0) is 14.8. The van der Waals surface area contributed by atoms with E-state index in [4.69, 9.17) is 10.5 Å². The Morgan fingerprint density at radius 3 is 2.90 bits per heavy atom. The highest BCUT2D eigenvalue weighted by Crippen LogP contribution is 2.28. The molecule has 1 aromatic rings. The lowest BCUT2D eigenvalue weighted by Gasteiger charge is -2.31. The minimum atomic E-state index is -3.52. The fourth-order valence-electron chi connectivity index (χ4n) is 2.33. The topological polar surface area (TPSA) is 72.6 Å². The molecule has 1 aliphatic rings. The molecule has 1 saturated heterocycles.